The molecule has 0 bridgehead atoms. The molecule has 0 fully saturated rings. The Morgan fingerprint density at radius 1 is 1.27 bits per heavy atom. The molecule has 6 nitrogen and oxygen atoms in total. The molecule has 0 saturated heterocycles. The van der Waals surface area contributed by atoms with Crippen molar-refractivity contribution in [1.29, 1.82) is 0 Å². The zero-order valence-electron chi connectivity index (χ0n) is 15.7. The summed E-state index contributed by atoms with van der Waals surface area (Å²) in [6, 6.07) is 7.93. The lowest BCUT2D eigenvalue weighted by Gasteiger charge is -2.33. The van der Waals surface area contributed by atoms with E-state index in [1.54, 1.807) is 13.1 Å². The SMILES string of the molecule is Cc1ccc(-c2cnc(CCC(=O)NC(C)(CC(=O)O)C(C)C)o2)cc1. The van der Waals surface area contributed by atoms with E-state index in [2.05, 4.69) is 10.3 Å². The number of aliphatic carboxylic acids is 1. The number of hydrogen-bond donors (Lipinski definition) is 2. The van der Waals surface area contributed by atoms with Crippen molar-refractivity contribution in [3.8, 4) is 11.3 Å². The standard InChI is InChI=1S/C20H26N2O4/c1-13(2)20(4,11-19(24)25)22-17(23)9-10-18-21-12-16(26-18)15-7-5-14(3)6-8-15/h5-8,12-13H,9-11H2,1-4H3,(H,22,23)(H,24,25). The summed E-state index contributed by atoms with van der Waals surface area (Å²) < 4.78 is 5.72. The lowest BCUT2D eigenvalue weighted by Crippen LogP contribution is -2.51. The maximum atomic E-state index is 12.3. The fourth-order valence-corrected chi connectivity index (χ4v) is 2.59. The average molecular weight is 358 g/mol. The summed E-state index contributed by atoms with van der Waals surface area (Å²) >= 11 is 0. The number of aromatic nitrogens is 1. The van der Waals surface area contributed by atoms with Gasteiger partial charge in [0.05, 0.1) is 12.6 Å². The zero-order valence-corrected chi connectivity index (χ0v) is 15.7. The lowest BCUT2D eigenvalue weighted by molar-refractivity contribution is -0.139. The van der Waals surface area contributed by atoms with E-state index in [4.69, 9.17) is 9.52 Å². The van der Waals surface area contributed by atoms with Gasteiger partial charge in [-0.05, 0) is 19.8 Å². The van der Waals surface area contributed by atoms with E-state index < -0.39 is 11.5 Å². The van der Waals surface area contributed by atoms with Gasteiger partial charge in [-0.25, -0.2) is 4.98 Å². The van der Waals surface area contributed by atoms with Crippen molar-refractivity contribution in [1.82, 2.24) is 10.3 Å². The third kappa shape index (κ3) is 5.18. The summed E-state index contributed by atoms with van der Waals surface area (Å²) in [6.45, 7) is 7.56. The second-order valence-electron chi connectivity index (χ2n) is 7.18. The molecule has 0 saturated carbocycles. The fraction of sp³-hybridized carbons (Fsp3) is 0.450. The van der Waals surface area contributed by atoms with Crippen molar-refractivity contribution < 1.29 is 19.1 Å². The molecular formula is C20H26N2O4. The van der Waals surface area contributed by atoms with Gasteiger partial charge in [0.1, 0.15) is 0 Å². The molecule has 1 aromatic heterocycles. The molecule has 6 heteroatoms. The van der Waals surface area contributed by atoms with Crippen LogP contribution in [0.15, 0.2) is 34.9 Å². The maximum Gasteiger partial charge on any atom is 0.305 e. The largest absolute Gasteiger partial charge is 0.481 e. The molecule has 2 aromatic rings. The zero-order chi connectivity index (χ0) is 19.3. The van der Waals surface area contributed by atoms with Gasteiger partial charge in [0.15, 0.2) is 11.7 Å². The number of carbonyl (C=O) groups is 2. The van der Waals surface area contributed by atoms with Crippen LogP contribution < -0.4 is 5.32 Å². The highest BCUT2D eigenvalue weighted by Gasteiger charge is 2.32. The molecule has 1 heterocycles. The molecule has 140 valence electrons. The minimum absolute atomic E-state index is 0.00238. The summed E-state index contributed by atoms with van der Waals surface area (Å²) in [6.07, 6.45) is 2.09. The van der Waals surface area contributed by atoms with Crippen LogP contribution in [0, 0.1) is 12.8 Å². The van der Waals surface area contributed by atoms with Crippen molar-refractivity contribution in [2.24, 2.45) is 5.92 Å². The highest BCUT2D eigenvalue weighted by molar-refractivity contribution is 5.78. The number of nitrogens with one attached hydrogen (secondary N) is 1. The third-order valence-electron chi connectivity index (χ3n) is 4.67. The van der Waals surface area contributed by atoms with Crippen molar-refractivity contribution in [3.05, 3.63) is 41.9 Å². The van der Waals surface area contributed by atoms with Crippen molar-refractivity contribution in [2.75, 3.05) is 0 Å². The number of rotatable bonds is 8. The first-order valence-electron chi connectivity index (χ1n) is 8.74. The predicted octanol–water partition coefficient (Wildman–Crippen LogP) is 3.59. The van der Waals surface area contributed by atoms with Gasteiger partial charge >= 0.3 is 5.97 Å². The Hall–Kier alpha value is -2.63. The van der Waals surface area contributed by atoms with Crippen LogP contribution in [-0.4, -0.2) is 27.5 Å². The van der Waals surface area contributed by atoms with Gasteiger partial charge in [0.25, 0.3) is 0 Å². The Morgan fingerprint density at radius 2 is 1.92 bits per heavy atom. The number of hydrogen-bond acceptors (Lipinski definition) is 4. The molecule has 0 aliphatic carbocycles. The Kier molecular flexibility index (Phi) is 6.18. The Bertz CT molecular complexity index is 764. The van der Waals surface area contributed by atoms with E-state index in [0.29, 0.717) is 18.1 Å². The van der Waals surface area contributed by atoms with Crippen LogP contribution >= 0.6 is 0 Å². The molecule has 26 heavy (non-hydrogen) atoms. The highest BCUT2D eigenvalue weighted by Crippen LogP contribution is 2.23. The normalized spacial score (nSPS) is 13.4. The van der Waals surface area contributed by atoms with Crippen LogP contribution in [0.1, 0.15) is 45.1 Å². The molecule has 0 aliphatic heterocycles. The first-order valence-corrected chi connectivity index (χ1v) is 8.74. The minimum atomic E-state index is -0.933. The summed E-state index contributed by atoms with van der Waals surface area (Å²) in [5.41, 5.74) is 1.32. The van der Waals surface area contributed by atoms with Crippen LogP contribution in [0.25, 0.3) is 11.3 Å². The second-order valence-corrected chi connectivity index (χ2v) is 7.18. The number of carboxylic acids is 1. The van der Waals surface area contributed by atoms with Gasteiger partial charge in [-0.3, -0.25) is 9.59 Å². The van der Waals surface area contributed by atoms with Gasteiger partial charge < -0.3 is 14.8 Å². The molecule has 0 radical (unpaired) electrons. The van der Waals surface area contributed by atoms with E-state index in [-0.39, 0.29) is 24.7 Å². The Morgan fingerprint density at radius 3 is 2.50 bits per heavy atom. The van der Waals surface area contributed by atoms with Crippen molar-refractivity contribution in [3.63, 3.8) is 0 Å². The molecule has 1 amide bonds. The van der Waals surface area contributed by atoms with Crippen LogP contribution in [0.5, 0.6) is 0 Å². The molecule has 0 aliphatic rings. The summed E-state index contributed by atoms with van der Waals surface area (Å²) in [4.78, 5) is 27.5. The number of amides is 1. The molecule has 1 atom stereocenters. The van der Waals surface area contributed by atoms with Gasteiger partial charge in [0.2, 0.25) is 5.91 Å². The molecule has 0 spiro atoms. The number of aryl methyl sites for hydroxylation is 2. The monoisotopic (exact) mass is 358 g/mol. The van der Waals surface area contributed by atoms with Crippen molar-refractivity contribution >= 4 is 11.9 Å². The van der Waals surface area contributed by atoms with Gasteiger partial charge in [-0.15, -0.1) is 0 Å². The first kappa shape index (κ1) is 19.7. The fourth-order valence-electron chi connectivity index (χ4n) is 2.59. The van der Waals surface area contributed by atoms with E-state index >= 15 is 0 Å². The number of nitrogens with zero attached hydrogens (tertiary/aromatic N) is 1. The number of benzene rings is 1. The summed E-state index contributed by atoms with van der Waals surface area (Å²) in [5.74, 6) is 0.00502. The quantitative estimate of drug-likeness (QED) is 0.752. The topological polar surface area (TPSA) is 92.4 Å². The van der Waals surface area contributed by atoms with Gasteiger partial charge in [-0.1, -0.05) is 43.7 Å². The van der Waals surface area contributed by atoms with Crippen LogP contribution in [0.2, 0.25) is 0 Å². The molecule has 1 aromatic carbocycles. The van der Waals surface area contributed by atoms with Gasteiger partial charge in [-0.2, -0.15) is 0 Å². The van der Waals surface area contributed by atoms with E-state index in [1.165, 1.54) is 5.56 Å². The molecule has 2 rings (SSSR count). The summed E-state index contributed by atoms with van der Waals surface area (Å²) in [7, 11) is 0. The van der Waals surface area contributed by atoms with Crippen LogP contribution in [-0.2, 0) is 16.0 Å². The predicted molar refractivity (Wildman–Crippen MR) is 98.6 cm³/mol. The van der Waals surface area contributed by atoms with E-state index in [0.717, 1.165) is 5.56 Å². The van der Waals surface area contributed by atoms with E-state index in [1.807, 2.05) is 45.0 Å². The number of oxazole rings is 1. The minimum Gasteiger partial charge on any atom is -0.481 e. The Balaban J connectivity index is 1.95. The van der Waals surface area contributed by atoms with Crippen LogP contribution in [0.3, 0.4) is 0 Å². The maximum absolute atomic E-state index is 12.3. The average Bonchev–Trinajstić information content (AvgIpc) is 3.01. The highest BCUT2D eigenvalue weighted by atomic mass is 16.4. The van der Waals surface area contributed by atoms with Crippen molar-refractivity contribution in [2.45, 2.75) is 52.5 Å². The third-order valence-corrected chi connectivity index (χ3v) is 4.67. The first-order chi connectivity index (χ1) is 12.2. The van der Waals surface area contributed by atoms with E-state index in [9.17, 15) is 9.59 Å². The van der Waals surface area contributed by atoms with Crippen LogP contribution in [0.4, 0.5) is 0 Å². The lowest BCUT2D eigenvalue weighted by atomic mass is 9.85. The molecule has 2 N–H and O–H groups in total. The summed E-state index contributed by atoms with van der Waals surface area (Å²) in [5, 5.41) is 11.9. The number of carboxylic acid groups (broad SMARTS) is 1. The molecular weight excluding hydrogens is 332 g/mol. The second kappa shape index (κ2) is 8.17. The smallest absolute Gasteiger partial charge is 0.305 e. The number of carbonyl (C=O) groups excluding carboxylic acids is 1. The van der Waals surface area contributed by atoms with Gasteiger partial charge in [0, 0.05) is 23.9 Å². The Labute approximate surface area is 153 Å². The molecule has 1 unspecified atom stereocenters.